The SMILES string of the molecule is CC1(C)CCCN1Cc1ccc(N)cc1C(F)(F)F. The molecule has 2 nitrogen and oxygen atoms in total. The van der Waals surface area contributed by atoms with E-state index < -0.39 is 11.7 Å². The number of hydrogen-bond donors (Lipinski definition) is 1. The molecule has 1 fully saturated rings. The van der Waals surface area contributed by atoms with Crippen LogP contribution in [0.1, 0.15) is 37.8 Å². The van der Waals surface area contributed by atoms with E-state index in [0.717, 1.165) is 25.5 Å². The van der Waals surface area contributed by atoms with Crippen molar-refractivity contribution in [3.8, 4) is 0 Å². The quantitative estimate of drug-likeness (QED) is 0.832. The Hall–Kier alpha value is -1.23. The minimum Gasteiger partial charge on any atom is -0.399 e. The van der Waals surface area contributed by atoms with Crippen LogP contribution in [0.3, 0.4) is 0 Å². The zero-order valence-corrected chi connectivity index (χ0v) is 11.2. The first-order chi connectivity index (χ1) is 8.70. The van der Waals surface area contributed by atoms with Crippen molar-refractivity contribution in [3.05, 3.63) is 29.3 Å². The molecule has 0 aromatic heterocycles. The Bertz CT molecular complexity index is 466. The van der Waals surface area contributed by atoms with Gasteiger partial charge in [0.2, 0.25) is 0 Å². The lowest BCUT2D eigenvalue weighted by Crippen LogP contribution is -2.37. The van der Waals surface area contributed by atoms with Crippen LogP contribution in [0.25, 0.3) is 0 Å². The second kappa shape index (κ2) is 4.71. The number of halogens is 3. The van der Waals surface area contributed by atoms with E-state index in [1.54, 1.807) is 0 Å². The van der Waals surface area contributed by atoms with Crippen molar-refractivity contribution in [1.29, 1.82) is 0 Å². The molecule has 1 saturated heterocycles. The summed E-state index contributed by atoms with van der Waals surface area (Å²) in [5.74, 6) is 0. The van der Waals surface area contributed by atoms with Crippen molar-refractivity contribution in [2.75, 3.05) is 12.3 Å². The zero-order valence-electron chi connectivity index (χ0n) is 11.2. The maximum absolute atomic E-state index is 13.0. The topological polar surface area (TPSA) is 29.3 Å². The molecule has 1 heterocycles. The van der Waals surface area contributed by atoms with Crippen molar-refractivity contribution in [1.82, 2.24) is 4.90 Å². The lowest BCUT2D eigenvalue weighted by molar-refractivity contribution is -0.138. The average Bonchev–Trinajstić information content (AvgIpc) is 2.59. The predicted molar refractivity (Wildman–Crippen MR) is 69.6 cm³/mol. The van der Waals surface area contributed by atoms with Crippen molar-refractivity contribution in [2.24, 2.45) is 0 Å². The number of nitrogen functional groups attached to an aromatic ring is 1. The molecule has 0 saturated carbocycles. The van der Waals surface area contributed by atoms with Gasteiger partial charge in [0.05, 0.1) is 5.56 Å². The van der Waals surface area contributed by atoms with E-state index >= 15 is 0 Å². The van der Waals surface area contributed by atoms with Crippen LogP contribution in [0.5, 0.6) is 0 Å². The summed E-state index contributed by atoms with van der Waals surface area (Å²) in [6.07, 6.45) is -2.30. The molecule has 1 aliphatic rings. The predicted octanol–water partition coefficient (Wildman–Crippen LogP) is 3.66. The molecule has 0 amide bonds. The van der Waals surface area contributed by atoms with Crippen LogP contribution in [-0.2, 0) is 12.7 Å². The van der Waals surface area contributed by atoms with Gasteiger partial charge >= 0.3 is 6.18 Å². The standard InChI is InChI=1S/C14H19F3N2/c1-13(2)6-3-7-19(13)9-10-4-5-11(18)8-12(10)14(15,16)17/h4-5,8H,3,6-7,9,18H2,1-2H3. The van der Waals surface area contributed by atoms with Crippen LogP contribution >= 0.6 is 0 Å². The summed E-state index contributed by atoms with van der Waals surface area (Å²) in [6, 6.07) is 4.05. The third-order valence-electron chi connectivity index (χ3n) is 3.87. The Balaban J connectivity index is 2.30. The van der Waals surface area contributed by atoms with Crippen LogP contribution in [0.4, 0.5) is 18.9 Å². The molecular weight excluding hydrogens is 253 g/mol. The van der Waals surface area contributed by atoms with E-state index in [-0.39, 0.29) is 11.2 Å². The van der Waals surface area contributed by atoms with Gasteiger partial charge in [0.25, 0.3) is 0 Å². The van der Waals surface area contributed by atoms with Crippen molar-refractivity contribution < 1.29 is 13.2 Å². The largest absolute Gasteiger partial charge is 0.416 e. The molecule has 0 unspecified atom stereocenters. The molecule has 5 heteroatoms. The number of nitrogens with zero attached hydrogens (tertiary/aromatic N) is 1. The van der Waals surface area contributed by atoms with Crippen LogP contribution in [0.2, 0.25) is 0 Å². The molecule has 0 radical (unpaired) electrons. The van der Waals surface area contributed by atoms with Gasteiger partial charge in [-0.25, -0.2) is 0 Å². The number of anilines is 1. The molecule has 0 bridgehead atoms. The molecule has 1 aromatic carbocycles. The minimum atomic E-state index is -4.35. The first-order valence-corrected chi connectivity index (χ1v) is 6.41. The van der Waals surface area contributed by atoms with Crippen molar-refractivity contribution >= 4 is 5.69 Å². The molecule has 0 aliphatic carbocycles. The fraction of sp³-hybridized carbons (Fsp3) is 0.571. The van der Waals surface area contributed by atoms with Gasteiger partial charge in [0.15, 0.2) is 0 Å². The summed E-state index contributed by atoms with van der Waals surface area (Å²) in [7, 11) is 0. The number of nitrogens with two attached hydrogens (primary N) is 1. The van der Waals surface area contributed by atoms with E-state index in [4.69, 9.17) is 5.73 Å². The lowest BCUT2D eigenvalue weighted by atomic mass is 10.00. The number of rotatable bonds is 2. The number of alkyl halides is 3. The number of hydrogen-bond acceptors (Lipinski definition) is 2. The van der Waals surface area contributed by atoms with Crippen LogP contribution in [0.15, 0.2) is 18.2 Å². The van der Waals surface area contributed by atoms with Gasteiger partial charge in [0, 0.05) is 17.8 Å². The highest BCUT2D eigenvalue weighted by atomic mass is 19.4. The fourth-order valence-corrected chi connectivity index (χ4v) is 2.66. The highest BCUT2D eigenvalue weighted by Crippen LogP contribution is 2.36. The van der Waals surface area contributed by atoms with Gasteiger partial charge in [-0.15, -0.1) is 0 Å². The normalized spacial score (nSPS) is 19.8. The molecule has 19 heavy (non-hydrogen) atoms. The highest BCUT2D eigenvalue weighted by Gasteiger charge is 2.36. The third kappa shape index (κ3) is 3.03. The molecule has 2 rings (SSSR count). The Labute approximate surface area is 111 Å². The highest BCUT2D eigenvalue weighted by molar-refractivity contribution is 5.46. The van der Waals surface area contributed by atoms with Crippen LogP contribution in [-0.4, -0.2) is 17.0 Å². The van der Waals surface area contributed by atoms with Crippen LogP contribution < -0.4 is 5.73 Å². The Kier molecular flexibility index (Phi) is 3.51. The van der Waals surface area contributed by atoms with E-state index in [1.165, 1.54) is 12.1 Å². The fourth-order valence-electron chi connectivity index (χ4n) is 2.66. The zero-order chi connectivity index (χ0) is 14.3. The minimum absolute atomic E-state index is 0.0374. The van der Waals surface area contributed by atoms with E-state index in [1.807, 2.05) is 0 Å². The summed E-state index contributed by atoms with van der Waals surface area (Å²) in [6.45, 7) is 5.31. The monoisotopic (exact) mass is 272 g/mol. The molecule has 1 aromatic rings. The smallest absolute Gasteiger partial charge is 0.399 e. The molecule has 0 atom stereocenters. The summed E-state index contributed by atoms with van der Waals surface area (Å²) >= 11 is 0. The summed E-state index contributed by atoms with van der Waals surface area (Å²) in [4.78, 5) is 2.10. The van der Waals surface area contributed by atoms with Gasteiger partial charge in [-0.3, -0.25) is 4.90 Å². The summed E-state index contributed by atoms with van der Waals surface area (Å²) in [5.41, 5.74) is 5.27. The Morgan fingerprint density at radius 3 is 2.53 bits per heavy atom. The van der Waals surface area contributed by atoms with Gasteiger partial charge in [-0.2, -0.15) is 13.2 Å². The third-order valence-corrected chi connectivity index (χ3v) is 3.87. The van der Waals surface area contributed by atoms with Gasteiger partial charge < -0.3 is 5.73 Å². The molecule has 106 valence electrons. The van der Waals surface area contributed by atoms with E-state index in [0.29, 0.717) is 12.1 Å². The lowest BCUT2D eigenvalue weighted by Gasteiger charge is -2.32. The van der Waals surface area contributed by atoms with Gasteiger partial charge in [-0.1, -0.05) is 6.07 Å². The molecule has 1 aliphatic heterocycles. The molecular formula is C14H19F3N2. The van der Waals surface area contributed by atoms with Crippen molar-refractivity contribution in [3.63, 3.8) is 0 Å². The van der Waals surface area contributed by atoms with Gasteiger partial charge in [0.1, 0.15) is 0 Å². The first-order valence-electron chi connectivity index (χ1n) is 6.41. The second-order valence-electron chi connectivity index (χ2n) is 5.75. The number of likely N-dealkylation sites (tertiary alicyclic amines) is 1. The molecule has 2 N–H and O–H groups in total. The van der Waals surface area contributed by atoms with E-state index in [9.17, 15) is 13.2 Å². The Morgan fingerprint density at radius 1 is 1.32 bits per heavy atom. The first kappa shape index (κ1) is 14.2. The average molecular weight is 272 g/mol. The van der Waals surface area contributed by atoms with E-state index in [2.05, 4.69) is 18.7 Å². The summed E-state index contributed by atoms with van der Waals surface area (Å²) < 4.78 is 39.1. The van der Waals surface area contributed by atoms with Crippen LogP contribution in [0, 0.1) is 0 Å². The van der Waals surface area contributed by atoms with Crippen molar-refractivity contribution in [2.45, 2.75) is 44.9 Å². The van der Waals surface area contributed by atoms with Gasteiger partial charge in [-0.05, 0) is 50.9 Å². The number of benzene rings is 1. The summed E-state index contributed by atoms with van der Waals surface area (Å²) in [5, 5.41) is 0. The molecule has 0 spiro atoms. The maximum atomic E-state index is 13.0. The maximum Gasteiger partial charge on any atom is 0.416 e. The second-order valence-corrected chi connectivity index (χ2v) is 5.75. The Morgan fingerprint density at radius 2 is 2.00 bits per heavy atom.